The quantitative estimate of drug-likeness (QED) is 0.762. The molecule has 0 saturated heterocycles. The highest BCUT2D eigenvalue weighted by Gasteiger charge is 2.42. The molecule has 0 heterocycles. The Morgan fingerprint density at radius 3 is 2.25 bits per heavy atom. The molecule has 0 bridgehead atoms. The van der Waals surface area contributed by atoms with Gasteiger partial charge in [-0.1, -0.05) is 19.3 Å². The zero-order valence-electron chi connectivity index (χ0n) is 12.3. The third-order valence-corrected chi connectivity index (χ3v) is 4.10. The average molecular weight is 284 g/mol. The molecule has 0 aromatic rings. The molecule has 0 unspecified atom stereocenters. The standard InChI is InChI=1S/C14H24N2O4/c1-3-16(10-11(17)15-2)12(18)9-14(13(19)20)7-5-4-6-8-14/h3-10H2,1-2H3,(H,15,17)(H,19,20). The number of carboxylic acids is 1. The number of amides is 2. The second kappa shape index (κ2) is 7.26. The van der Waals surface area contributed by atoms with Crippen molar-refractivity contribution in [1.82, 2.24) is 10.2 Å². The maximum absolute atomic E-state index is 12.3. The highest BCUT2D eigenvalue weighted by Crippen LogP contribution is 2.40. The summed E-state index contributed by atoms with van der Waals surface area (Å²) < 4.78 is 0. The molecule has 1 rings (SSSR count). The maximum atomic E-state index is 12.3. The van der Waals surface area contributed by atoms with Crippen LogP contribution in [0, 0.1) is 5.41 Å². The van der Waals surface area contributed by atoms with Gasteiger partial charge in [-0.05, 0) is 19.8 Å². The van der Waals surface area contributed by atoms with Crippen molar-refractivity contribution in [2.75, 3.05) is 20.1 Å². The normalized spacial score (nSPS) is 17.3. The summed E-state index contributed by atoms with van der Waals surface area (Å²) in [7, 11) is 1.51. The molecule has 1 aliphatic rings. The molecule has 0 atom stereocenters. The van der Waals surface area contributed by atoms with Crippen LogP contribution < -0.4 is 5.32 Å². The predicted octanol–water partition coefficient (Wildman–Crippen LogP) is 1.01. The third kappa shape index (κ3) is 3.95. The van der Waals surface area contributed by atoms with Gasteiger partial charge in [0.25, 0.3) is 0 Å². The van der Waals surface area contributed by atoms with Gasteiger partial charge in [0.2, 0.25) is 11.8 Å². The van der Waals surface area contributed by atoms with E-state index < -0.39 is 11.4 Å². The van der Waals surface area contributed by atoms with Crippen LogP contribution in [-0.2, 0) is 14.4 Å². The van der Waals surface area contributed by atoms with Gasteiger partial charge in [-0.15, -0.1) is 0 Å². The lowest BCUT2D eigenvalue weighted by Crippen LogP contribution is -2.44. The van der Waals surface area contributed by atoms with E-state index in [-0.39, 0.29) is 24.8 Å². The molecule has 0 aromatic heterocycles. The van der Waals surface area contributed by atoms with Gasteiger partial charge >= 0.3 is 5.97 Å². The lowest BCUT2D eigenvalue weighted by atomic mass is 9.71. The van der Waals surface area contributed by atoms with Crippen LogP contribution in [0.2, 0.25) is 0 Å². The predicted molar refractivity (Wildman–Crippen MR) is 74.1 cm³/mol. The minimum atomic E-state index is -0.939. The molecule has 114 valence electrons. The van der Waals surface area contributed by atoms with Crippen molar-refractivity contribution < 1.29 is 19.5 Å². The van der Waals surface area contributed by atoms with Crippen LogP contribution in [0.4, 0.5) is 0 Å². The average Bonchev–Trinajstić information content (AvgIpc) is 2.45. The molecular weight excluding hydrogens is 260 g/mol. The van der Waals surface area contributed by atoms with E-state index in [2.05, 4.69) is 5.32 Å². The van der Waals surface area contributed by atoms with Gasteiger partial charge in [0.05, 0.1) is 12.0 Å². The number of aliphatic carboxylic acids is 1. The second-order valence-electron chi connectivity index (χ2n) is 5.40. The van der Waals surface area contributed by atoms with E-state index in [0.29, 0.717) is 19.4 Å². The molecule has 20 heavy (non-hydrogen) atoms. The second-order valence-corrected chi connectivity index (χ2v) is 5.40. The van der Waals surface area contributed by atoms with Gasteiger partial charge in [0.15, 0.2) is 0 Å². The minimum absolute atomic E-state index is 0.00678. The molecule has 1 aliphatic carbocycles. The minimum Gasteiger partial charge on any atom is -0.481 e. The summed E-state index contributed by atoms with van der Waals surface area (Å²) in [6.45, 7) is 2.18. The Morgan fingerprint density at radius 1 is 1.20 bits per heavy atom. The molecule has 0 radical (unpaired) electrons. The highest BCUT2D eigenvalue weighted by molar-refractivity contribution is 5.88. The summed E-state index contributed by atoms with van der Waals surface area (Å²) in [4.78, 5) is 36.6. The maximum Gasteiger partial charge on any atom is 0.310 e. The van der Waals surface area contributed by atoms with Crippen molar-refractivity contribution in [1.29, 1.82) is 0 Å². The van der Waals surface area contributed by atoms with Crippen molar-refractivity contribution in [2.45, 2.75) is 45.4 Å². The Hall–Kier alpha value is -1.59. The van der Waals surface area contributed by atoms with E-state index in [9.17, 15) is 19.5 Å². The van der Waals surface area contributed by atoms with Gasteiger partial charge in [-0.3, -0.25) is 14.4 Å². The molecule has 2 amide bonds. The van der Waals surface area contributed by atoms with Gasteiger partial charge in [-0.2, -0.15) is 0 Å². The zero-order chi connectivity index (χ0) is 15.2. The largest absolute Gasteiger partial charge is 0.481 e. The summed E-state index contributed by atoms with van der Waals surface area (Å²) in [5, 5.41) is 11.9. The molecule has 6 heteroatoms. The van der Waals surface area contributed by atoms with Crippen LogP contribution in [0.25, 0.3) is 0 Å². The van der Waals surface area contributed by atoms with E-state index in [1.165, 1.54) is 11.9 Å². The summed E-state index contributed by atoms with van der Waals surface area (Å²) >= 11 is 0. The first kappa shape index (κ1) is 16.5. The molecule has 1 fully saturated rings. The first-order valence-corrected chi connectivity index (χ1v) is 7.17. The van der Waals surface area contributed by atoms with E-state index in [1.54, 1.807) is 6.92 Å². The molecule has 1 saturated carbocycles. The number of carbonyl (C=O) groups excluding carboxylic acids is 2. The number of rotatable bonds is 6. The molecule has 6 nitrogen and oxygen atoms in total. The van der Waals surface area contributed by atoms with Crippen LogP contribution >= 0.6 is 0 Å². The molecular formula is C14H24N2O4. The Bertz CT molecular complexity index is 375. The summed E-state index contributed by atoms with van der Waals surface area (Å²) in [5.74, 6) is -1.38. The van der Waals surface area contributed by atoms with E-state index in [0.717, 1.165) is 19.3 Å². The number of hydrogen-bond donors (Lipinski definition) is 2. The number of nitrogens with zero attached hydrogens (tertiary/aromatic N) is 1. The Kier molecular flexibility index (Phi) is 5.98. The van der Waals surface area contributed by atoms with Crippen molar-refractivity contribution in [3.8, 4) is 0 Å². The topological polar surface area (TPSA) is 86.7 Å². The van der Waals surface area contributed by atoms with Crippen LogP contribution in [-0.4, -0.2) is 47.9 Å². The van der Waals surface area contributed by atoms with E-state index in [1.807, 2.05) is 0 Å². The molecule has 0 aliphatic heterocycles. The van der Waals surface area contributed by atoms with Crippen molar-refractivity contribution >= 4 is 17.8 Å². The third-order valence-electron chi connectivity index (χ3n) is 4.10. The first-order valence-electron chi connectivity index (χ1n) is 7.17. The fraction of sp³-hybridized carbons (Fsp3) is 0.786. The fourth-order valence-electron chi connectivity index (χ4n) is 2.72. The number of likely N-dealkylation sites (N-methyl/N-ethyl adjacent to an activating group) is 2. The van der Waals surface area contributed by atoms with Crippen molar-refractivity contribution in [3.63, 3.8) is 0 Å². The van der Waals surface area contributed by atoms with Gasteiger partial charge in [0.1, 0.15) is 0 Å². The SMILES string of the molecule is CCN(CC(=O)NC)C(=O)CC1(C(=O)O)CCCCC1. The smallest absolute Gasteiger partial charge is 0.310 e. The summed E-state index contributed by atoms with van der Waals surface area (Å²) in [5.41, 5.74) is -0.939. The van der Waals surface area contributed by atoms with E-state index >= 15 is 0 Å². The number of carbonyl (C=O) groups is 3. The lowest BCUT2D eigenvalue weighted by molar-refractivity contribution is -0.156. The number of nitrogens with one attached hydrogen (secondary N) is 1. The molecule has 0 aromatic carbocycles. The van der Waals surface area contributed by atoms with Crippen molar-refractivity contribution in [2.24, 2.45) is 5.41 Å². The first-order chi connectivity index (χ1) is 9.45. The van der Waals surface area contributed by atoms with Crippen molar-refractivity contribution in [3.05, 3.63) is 0 Å². The van der Waals surface area contributed by atoms with Crippen LogP contribution in [0.3, 0.4) is 0 Å². The monoisotopic (exact) mass is 284 g/mol. The van der Waals surface area contributed by atoms with Gasteiger partial charge in [-0.25, -0.2) is 0 Å². The van der Waals surface area contributed by atoms with E-state index in [4.69, 9.17) is 0 Å². The number of carboxylic acid groups (broad SMARTS) is 1. The zero-order valence-corrected chi connectivity index (χ0v) is 12.3. The van der Waals surface area contributed by atoms with Crippen LogP contribution in [0.1, 0.15) is 45.4 Å². The lowest BCUT2D eigenvalue weighted by Gasteiger charge is -2.34. The Balaban J connectivity index is 2.74. The number of hydrogen-bond acceptors (Lipinski definition) is 3. The van der Waals surface area contributed by atoms with Gasteiger partial charge in [0, 0.05) is 20.0 Å². The fourth-order valence-corrected chi connectivity index (χ4v) is 2.72. The Labute approximate surface area is 119 Å². The summed E-state index contributed by atoms with van der Waals surface area (Å²) in [6.07, 6.45) is 3.81. The highest BCUT2D eigenvalue weighted by atomic mass is 16.4. The van der Waals surface area contributed by atoms with Crippen LogP contribution in [0.15, 0.2) is 0 Å². The molecule has 2 N–H and O–H groups in total. The van der Waals surface area contributed by atoms with Gasteiger partial charge < -0.3 is 15.3 Å². The molecule has 0 spiro atoms. The Morgan fingerprint density at radius 2 is 1.80 bits per heavy atom. The summed E-state index contributed by atoms with van der Waals surface area (Å²) in [6, 6.07) is 0. The van der Waals surface area contributed by atoms with Crippen LogP contribution in [0.5, 0.6) is 0 Å².